The molecule has 0 radical (unpaired) electrons. The minimum absolute atomic E-state index is 0.0804. The molecular formula is C12H9F3N2O2S. The molecule has 106 valence electrons. The second-order valence-corrected chi connectivity index (χ2v) is 4.73. The zero-order valence-corrected chi connectivity index (χ0v) is 11.1. The van der Waals surface area contributed by atoms with E-state index in [1.165, 1.54) is 24.3 Å². The first kappa shape index (κ1) is 14.4. The fourth-order valence-corrected chi connectivity index (χ4v) is 2.15. The largest absolute Gasteiger partial charge is 0.573 e. The minimum Gasteiger partial charge on any atom is -0.406 e. The Morgan fingerprint density at radius 2 is 1.95 bits per heavy atom. The highest BCUT2D eigenvalue weighted by atomic mass is 32.1. The molecule has 0 saturated heterocycles. The van der Waals surface area contributed by atoms with Crippen molar-refractivity contribution >= 4 is 17.3 Å². The van der Waals surface area contributed by atoms with Gasteiger partial charge in [0.1, 0.15) is 10.6 Å². The fourth-order valence-electron chi connectivity index (χ4n) is 1.56. The number of nitrogens with zero attached hydrogens (tertiary/aromatic N) is 2. The van der Waals surface area contributed by atoms with Crippen molar-refractivity contribution in [3.8, 4) is 5.75 Å². The van der Waals surface area contributed by atoms with Crippen molar-refractivity contribution in [1.29, 1.82) is 0 Å². The van der Waals surface area contributed by atoms with E-state index in [1.807, 2.05) is 0 Å². The summed E-state index contributed by atoms with van der Waals surface area (Å²) in [4.78, 5) is 12.4. The van der Waals surface area contributed by atoms with E-state index in [-0.39, 0.29) is 18.0 Å². The van der Waals surface area contributed by atoms with Crippen LogP contribution in [0.25, 0.3) is 0 Å². The van der Waals surface area contributed by atoms with Crippen LogP contribution in [0.2, 0.25) is 0 Å². The van der Waals surface area contributed by atoms with E-state index >= 15 is 0 Å². The molecule has 0 unspecified atom stereocenters. The summed E-state index contributed by atoms with van der Waals surface area (Å²) in [6.07, 6.45) is -4.64. The van der Waals surface area contributed by atoms with Gasteiger partial charge in [-0.1, -0.05) is 16.6 Å². The number of hydrogen-bond acceptors (Lipinski definition) is 5. The molecule has 0 fully saturated rings. The lowest BCUT2D eigenvalue weighted by atomic mass is 10.1. The van der Waals surface area contributed by atoms with E-state index < -0.39 is 6.36 Å². The minimum atomic E-state index is -4.72. The molecule has 0 saturated carbocycles. The first-order chi connectivity index (χ1) is 9.35. The number of carbonyl (C=O) groups excluding carboxylic acids is 1. The molecule has 0 aliphatic heterocycles. The predicted molar refractivity (Wildman–Crippen MR) is 65.8 cm³/mol. The highest BCUT2D eigenvalue weighted by molar-refractivity contribution is 7.08. The molecule has 20 heavy (non-hydrogen) atoms. The average molecular weight is 302 g/mol. The molecule has 0 aliphatic carbocycles. The third kappa shape index (κ3) is 3.77. The van der Waals surface area contributed by atoms with Crippen LogP contribution >= 0.6 is 11.5 Å². The Kier molecular flexibility index (Phi) is 4.03. The molecule has 2 aromatic rings. The molecule has 8 heteroatoms. The summed E-state index contributed by atoms with van der Waals surface area (Å²) in [6, 6.07) is 5.19. The Labute approximate surface area is 116 Å². The maximum Gasteiger partial charge on any atom is 0.573 e. The summed E-state index contributed by atoms with van der Waals surface area (Å²) in [7, 11) is 0. The number of aryl methyl sites for hydroxylation is 1. The van der Waals surface area contributed by atoms with Crippen molar-refractivity contribution in [2.45, 2.75) is 19.7 Å². The summed E-state index contributed by atoms with van der Waals surface area (Å²) in [5, 5.41) is 3.74. The normalized spacial score (nSPS) is 11.4. The van der Waals surface area contributed by atoms with E-state index in [9.17, 15) is 18.0 Å². The van der Waals surface area contributed by atoms with Gasteiger partial charge in [-0.05, 0) is 36.2 Å². The van der Waals surface area contributed by atoms with Gasteiger partial charge >= 0.3 is 6.36 Å². The van der Waals surface area contributed by atoms with Gasteiger partial charge in [0.25, 0.3) is 0 Å². The molecule has 1 aromatic carbocycles. The number of ether oxygens (including phenoxy) is 1. The monoisotopic (exact) mass is 302 g/mol. The van der Waals surface area contributed by atoms with Crippen LogP contribution in [0.1, 0.15) is 20.9 Å². The Morgan fingerprint density at radius 3 is 2.45 bits per heavy atom. The second kappa shape index (κ2) is 5.58. The quantitative estimate of drug-likeness (QED) is 0.814. The van der Waals surface area contributed by atoms with Crippen LogP contribution in [0.5, 0.6) is 5.75 Å². The van der Waals surface area contributed by atoms with Crippen LogP contribution in [-0.4, -0.2) is 21.7 Å². The third-order valence-corrected chi connectivity index (χ3v) is 3.30. The van der Waals surface area contributed by atoms with Crippen molar-refractivity contribution in [3.05, 3.63) is 40.4 Å². The molecule has 0 atom stereocenters. The smallest absolute Gasteiger partial charge is 0.406 e. The second-order valence-electron chi connectivity index (χ2n) is 3.98. The lowest BCUT2D eigenvalue weighted by Crippen LogP contribution is -2.17. The molecule has 1 aromatic heterocycles. The van der Waals surface area contributed by atoms with Crippen LogP contribution in [0.15, 0.2) is 24.3 Å². The topological polar surface area (TPSA) is 52.1 Å². The maximum atomic E-state index is 12.0. The number of alkyl halides is 3. The molecule has 2 rings (SSSR count). The van der Waals surface area contributed by atoms with Crippen molar-refractivity contribution in [3.63, 3.8) is 0 Å². The number of ketones is 1. The highest BCUT2D eigenvalue weighted by Gasteiger charge is 2.30. The highest BCUT2D eigenvalue weighted by Crippen LogP contribution is 2.23. The lowest BCUT2D eigenvalue weighted by molar-refractivity contribution is -0.274. The number of benzene rings is 1. The molecule has 0 amide bonds. The van der Waals surface area contributed by atoms with Gasteiger partial charge in [-0.15, -0.1) is 18.3 Å². The SMILES string of the molecule is Cc1nnsc1C(=O)Cc1ccc(OC(F)(F)F)cc1. The van der Waals surface area contributed by atoms with Crippen molar-refractivity contribution in [1.82, 2.24) is 9.59 Å². The summed E-state index contributed by atoms with van der Waals surface area (Å²) in [6.45, 7) is 1.68. The van der Waals surface area contributed by atoms with E-state index in [4.69, 9.17) is 0 Å². The van der Waals surface area contributed by atoms with Crippen LogP contribution < -0.4 is 4.74 Å². The Morgan fingerprint density at radius 1 is 1.30 bits per heavy atom. The zero-order valence-electron chi connectivity index (χ0n) is 10.3. The van der Waals surface area contributed by atoms with Crippen molar-refractivity contribution < 1.29 is 22.7 Å². The fraction of sp³-hybridized carbons (Fsp3) is 0.250. The van der Waals surface area contributed by atoms with Gasteiger partial charge in [-0.2, -0.15) is 0 Å². The summed E-state index contributed by atoms with van der Waals surface area (Å²) < 4.78 is 43.4. The number of aromatic nitrogens is 2. The van der Waals surface area contributed by atoms with Crippen LogP contribution in [0.3, 0.4) is 0 Å². The number of halogens is 3. The van der Waals surface area contributed by atoms with Crippen LogP contribution in [0.4, 0.5) is 13.2 Å². The van der Waals surface area contributed by atoms with Gasteiger partial charge in [0.2, 0.25) is 0 Å². The molecule has 4 nitrogen and oxygen atoms in total. The zero-order chi connectivity index (χ0) is 14.8. The van der Waals surface area contributed by atoms with Gasteiger partial charge in [0, 0.05) is 6.42 Å². The number of carbonyl (C=O) groups is 1. The van der Waals surface area contributed by atoms with Crippen molar-refractivity contribution in [2.24, 2.45) is 0 Å². The van der Waals surface area contributed by atoms with Gasteiger partial charge in [-0.25, -0.2) is 0 Å². The summed E-state index contributed by atoms with van der Waals surface area (Å²) in [5.74, 6) is -0.480. The molecule has 0 bridgehead atoms. The predicted octanol–water partition coefficient (Wildman–Crippen LogP) is 3.17. The molecular weight excluding hydrogens is 293 g/mol. The van der Waals surface area contributed by atoms with E-state index in [0.29, 0.717) is 16.1 Å². The Balaban J connectivity index is 2.04. The molecule has 0 N–H and O–H groups in total. The van der Waals surface area contributed by atoms with Gasteiger partial charge in [-0.3, -0.25) is 4.79 Å². The Hall–Kier alpha value is -1.96. The molecule has 0 aliphatic rings. The van der Waals surface area contributed by atoms with E-state index in [2.05, 4.69) is 14.3 Å². The van der Waals surface area contributed by atoms with Gasteiger partial charge in [0.15, 0.2) is 5.78 Å². The maximum absolute atomic E-state index is 12.0. The average Bonchev–Trinajstić information content (AvgIpc) is 2.76. The summed E-state index contributed by atoms with van der Waals surface area (Å²) >= 11 is 1.00. The van der Waals surface area contributed by atoms with Crippen LogP contribution in [-0.2, 0) is 6.42 Å². The third-order valence-electron chi connectivity index (χ3n) is 2.43. The van der Waals surface area contributed by atoms with E-state index in [0.717, 1.165) is 11.5 Å². The van der Waals surface area contributed by atoms with Crippen LogP contribution in [0, 0.1) is 6.92 Å². The van der Waals surface area contributed by atoms with Gasteiger partial charge in [0.05, 0.1) is 5.69 Å². The first-order valence-electron chi connectivity index (χ1n) is 5.52. The number of hydrogen-bond donors (Lipinski definition) is 0. The van der Waals surface area contributed by atoms with Gasteiger partial charge < -0.3 is 4.74 Å². The standard InChI is InChI=1S/C12H9F3N2O2S/c1-7-11(20-17-16-7)10(18)6-8-2-4-9(5-3-8)19-12(13,14)15/h2-5H,6H2,1H3. The molecule has 0 spiro atoms. The Bertz CT molecular complexity index is 608. The number of rotatable bonds is 4. The number of Topliss-reactive ketones (excluding diaryl/α,β-unsaturated/α-hetero) is 1. The molecule has 1 heterocycles. The van der Waals surface area contributed by atoms with Crippen molar-refractivity contribution in [2.75, 3.05) is 0 Å². The first-order valence-corrected chi connectivity index (χ1v) is 6.29. The lowest BCUT2D eigenvalue weighted by Gasteiger charge is -2.09. The summed E-state index contributed by atoms with van der Waals surface area (Å²) in [5.41, 5.74) is 1.15. The van der Waals surface area contributed by atoms with E-state index in [1.54, 1.807) is 6.92 Å².